The summed E-state index contributed by atoms with van der Waals surface area (Å²) in [6, 6.07) is 22.9. The van der Waals surface area contributed by atoms with Crippen LogP contribution in [-0.2, 0) is 16.0 Å². The van der Waals surface area contributed by atoms with Crippen LogP contribution < -0.4 is 15.8 Å². The Morgan fingerprint density at radius 2 is 1.75 bits per heavy atom. The van der Waals surface area contributed by atoms with Crippen LogP contribution in [0.3, 0.4) is 0 Å². The third-order valence-corrected chi connectivity index (χ3v) is 5.64. The quantitative estimate of drug-likeness (QED) is 0.395. The van der Waals surface area contributed by atoms with Crippen molar-refractivity contribution in [1.29, 1.82) is 0 Å². The molecule has 7 heteroatoms. The molecule has 160 valence electrons. The van der Waals surface area contributed by atoms with Gasteiger partial charge in [0, 0.05) is 18.2 Å². The van der Waals surface area contributed by atoms with E-state index in [0.29, 0.717) is 5.75 Å². The molecule has 0 saturated carbocycles. The second kappa shape index (κ2) is 9.89. The molecule has 32 heavy (non-hydrogen) atoms. The number of thiazole rings is 1. The molecule has 4 aromatic rings. The number of hydrogen-bond donors (Lipinski definition) is 2. The van der Waals surface area contributed by atoms with Crippen molar-refractivity contribution in [3.05, 3.63) is 95.0 Å². The number of ether oxygens (including phenoxy) is 1. The Bertz CT molecular complexity index is 1230. The zero-order chi connectivity index (χ0) is 22.3. The van der Waals surface area contributed by atoms with E-state index in [9.17, 15) is 9.59 Å². The number of nitrogens with one attached hydrogen (secondary N) is 1. The van der Waals surface area contributed by atoms with Crippen LogP contribution in [0, 0.1) is 0 Å². The first-order chi connectivity index (χ1) is 15.5. The van der Waals surface area contributed by atoms with Crippen molar-refractivity contribution in [2.75, 3.05) is 11.9 Å². The van der Waals surface area contributed by atoms with Crippen LogP contribution in [0.5, 0.6) is 5.75 Å². The van der Waals surface area contributed by atoms with Gasteiger partial charge >= 0.3 is 0 Å². The number of nitrogens with zero attached hydrogens (tertiary/aromatic N) is 1. The Morgan fingerprint density at radius 3 is 2.47 bits per heavy atom. The molecule has 4 rings (SSSR count). The first kappa shape index (κ1) is 21.3. The van der Waals surface area contributed by atoms with Crippen molar-refractivity contribution >= 4 is 45.1 Å². The highest BCUT2D eigenvalue weighted by Crippen LogP contribution is 2.24. The number of fused-ring (bicyclic) bond motifs is 1. The summed E-state index contributed by atoms with van der Waals surface area (Å²) >= 11 is 1.70. The van der Waals surface area contributed by atoms with Gasteiger partial charge in [0.2, 0.25) is 5.91 Å². The molecule has 6 nitrogen and oxygen atoms in total. The molecule has 0 fully saturated rings. The fourth-order valence-corrected chi connectivity index (χ4v) is 4.06. The van der Waals surface area contributed by atoms with E-state index in [1.807, 2.05) is 42.5 Å². The number of anilines is 1. The summed E-state index contributed by atoms with van der Waals surface area (Å²) < 4.78 is 6.39. The molecular weight excluding hydrogens is 422 g/mol. The van der Waals surface area contributed by atoms with E-state index in [4.69, 9.17) is 10.5 Å². The molecule has 3 N–H and O–H groups in total. The smallest absolute Gasteiger partial charge is 0.255 e. The van der Waals surface area contributed by atoms with Gasteiger partial charge in [-0.3, -0.25) is 9.59 Å². The zero-order valence-electron chi connectivity index (χ0n) is 17.2. The van der Waals surface area contributed by atoms with Gasteiger partial charge in [-0.25, -0.2) is 4.98 Å². The van der Waals surface area contributed by atoms with E-state index in [1.54, 1.807) is 41.7 Å². The summed E-state index contributed by atoms with van der Waals surface area (Å²) in [5.74, 6) is -0.218. The molecule has 3 aromatic carbocycles. The Hall–Kier alpha value is -3.97. The summed E-state index contributed by atoms with van der Waals surface area (Å²) in [6.45, 7) is -0.170. The van der Waals surface area contributed by atoms with E-state index < -0.39 is 5.91 Å². The highest BCUT2D eigenvalue weighted by atomic mass is 32.1. The summed E-state index contributed by atoms with van der Waals surface area (Å²) in [5, 5.41) is 3.92. The van der Waals surface area contributed by atoms with Crippen LogP contribution in [0.25, 0.3) is 16.3 Å². The topological polar surface area (TPSA) is 94.3 Å². The predicted octanol–water partition coefficient (Wildman–Crippen LogP) is 4.40. The Morgan fingerprint density at radius 1 is 1.00 bits per heavy atom. The molecule has 0 aliphatic carbocycles. The van der Waals surface area contributed by atoms with E-state index in [2.05, 4.69) is 16.4 Å². The lowest BCUT2D eigenvalue weighted by Gasteiger charge is -2.04. The number of carbonyl (C=O) groups excluding carboxylic acids is 2. The highest BCUT2D eigenvalue weighted by Gasteiger charge is 2.05. The SMILES string of the molecule is NC(=O)COc1ccc(/C=C/C(=O)Nc2ccc(Cc3nc4ccccc4s3)cc2)cc1. The number of benzene rings is 3. The minimum absolute atomic E-state index is 0.170. The van der Waals surface area contributed by atoms with Gasteiger partial charge in [0.1, 0.15) is 5.75 Å². The first-order valence-electron chi connectivity index (χ1n) is 9.99. The monoisotopic (exact) mass is 443 g/mol. The van der Waals surface area contributed by atoms with Gasteiger partial charge in [0.25, 0.3) is 5.91 Å². The van der Waals surface area contributed by atoms with Crippen LogP contribution in [0.2, 0.25) is 0 Å². The average molecular weight is 444 g/mol. The van der Waals surface area contributed by atoms with Gasteiger partial charge in [-0.1, -0.05) is 36.4 Å². The summed E-state index contributed by atoms with van der Waals surface area (Å²) in [6.07, 6.45) is 3.93. The lowest BCUT2D eigenvalue weighted by molar-refractivity contribution is -0.120. The van der Waals surface area contributed by atoms with Gasteiger partial charge in [-0.05, 0) is 53.6 Å². The van der Waals surface area contributed by atoms with E-state index in [-0.39, 0.29) is 12.5 Å². The summed E-state index contributed by atoms with van der Waals surface area (Å²) in [5.41, 5.74) is 8.77. The second-order valence-corrected chi connectivity index (χ2v) is 8.21. The number of amides is 2. The zero-order valence-corrected chi connectivity index (χ0v) is 18.0. The summed E-state index contributed by atoms with van der Waals surface area (Å²) in [4.78, 5) is 27.6. The van der Waals surface area contributed by atoms with E-state index in [1.165, 1.54) is 10.8 Å². The Labute approximate surface area is 189 Å². The average Bonchev–Trinajstić information content (AvgIpc) is 3.20. The number of primary amides is 1. The normalized spacial score (nSPS) is 11.0. The molecule has 0 unspecified atom stereocenters. The minimum atomic E-state index is -0.532. The van der Waals surface area contributed by atoms with Crippen molar-refractivity contribution in [1.82, 2.24) is 4.98 Å². The highest BCUT2D eigenvalue weighted by molar-refractivity contribution is 7.18. The fourth-order valence-electron chi connectivity index (χ4n) is 3.06. The second-order valence-electron chi connectivity index (χ2n) is 7.10. The minimum Gasteiger partial charge on any atom is -0.484 e. The lowest BCUT2D eigenvalue weighted by atomic mass is 10.1. The predicted molar refractivity (Wildman–Crippen MR) is 128 cm³/mol. The Kier molecular flexibility index (Phi) is 6.57. The van der Waals surface area contributed by atoms with Gasteiger partial charge in [-0.15, -0.1) is 11.3 Å². The molecule has 0 atom stereocenters. The van der Waals surface area contributed by atoms with Crippen molar-refractivity contribution in [3.8, 4) is 5.75 Å². The standard InChI is InChI=1S/C25H21N3O3S/c26-23(29)16-31-20-12-7-17(8-13-20)9-14-24(30)27-19-10-5-18(6-11-19)15-25-28-21-3-1-2-4-22(21)32-25/h1-14H,15-16H2,(H2,26,29)(H,27,30)/b14-9+. The Balaban J connectivity index is 1.30. The number of nitrogens with two attached hydrogens (primary N) is 1. The maximum absolute atomic E-state index is 12.2. The molecule has 0 bridgehead atoms. The number of aromatic nitrogens is 1. The fraction of sp³-hybridized carbons (Fsp3) is 0.0800. The summed E-state index contributed by atoms with van der Waals surface area (Å²) in [7, 11) is 0. The van der Waals surface area contributed by atoms with Gasteiger partial charge in [0.05, 0.1) is 15.2 Å². The molecule has 2 amide bonds. The number of para-hydroxylation sites is 1. The maximum atomic E-state index is 12.2. The lowest BCUT2D eigenvalue weighted by Crippen LogP contribution is -2.19. The van der Waals surface area contributed by atoms with Crippen LogP contribution in [-0.4, -0.2) is 23.4 Å². The molecule has 0 aliphatic rings. The molecule has 0 saturated heterocycles. The molecule has 0 aliphatic heterocycles. The van der Waals surface area contributed by atoms with E-state index >= 15 is 0 Å². The molecule has 1 heterocycles. The van der Waals surface area contributed by atoms with Crippen molar-refractivity contribution in [2.45, 2.75) is 6.42 Å². The molecule has 1 aromatic heterocycles. The number of hydrogen-bond acceptors (Lipinski definition) is 5. The van der Waals surface area contributed by atoms with Crippen LogP contribution in [0.15, 0.2) is 78.9 Å². The maximum Gasteiger partial charge on any atom is 0.255 e. The van der Waals surface area contributed by atoms with Crippen LogP contribution >= 0.6 is 11.3 Å². The number of carbonyl (C=O) groups is 2. The first-order valence-corrected chi connectivity index (χ1v) is 10.8. The molecule has 0 radical (unpaired) electrons. The molecule has 0 spiro atoms. The largest absolute Gasteiger partial charge is 0.484 e. The van der Waals surface area contributed by atoms with Crippen LogP contribution in [0.1, 0.15) is 16.1 Å². The third kappa shape index (κ3) is 5.80. The van der Waals surface area contributed by atoms with Gasteiger partial charge < -0.3 is 15.8 Å². The van der Waals surface area contributed by atoms with Gasteiger partial charge in [0.15, 0.2) is 6.61 Å². The van der Waals surface area contributed by atoms with Crippen LogP contribution in [0.4, 0.5) is 5.69 Å². The third-order valence-electron chi connectivity index (χ3n) is 4.60. The van der Waals surface area contributed by atoms with Crippen molar-refractivity contribution < 1.29 is 14.3 Å². The number of rotatable bonds is 8. The van der Waals surface area contributed by atoms with Gasteiger partial charge in [-0.2, -0.15) is 0 Å². The van der Waals surface area contributed by atoms with Crippen molar-refractivity contribution in [2.24, 2.45) is 5.73 Å². The van der Waals surface area contributed by atoms with Crippen molar-refractivity contribution in [3.63, 3.8) is 0 Å². The molecular formula is C25H21N3O3S. The van der Waals surface area contributed by atoms with E-state index in [0.717, 1.165) is 33.8 Å².